The Balaban J connectivity index is 2.83. The lowest BCUT2D eigenvalue weighted by Crippen LogP contribution is -2.28. The van der Waals surface area contributed by atoms with Crippen LogP contribution in [-0.2, 0) is 4.74 Å². The first-order valence-electron chi connectivity index (χ1n) is 5.03. The van der Waals surface area contributed by atoms with E-state index in [1.807, 2.05) is 11.8 Å². The summed E-state index contributed by atoms with van der Waals surface area (Å²) >= 11 is 3.32. The first-order valence-corrected chi connectivity index (χ1v) is 5.82. The maximum Gasteiger partial charge on any atom is 0.232 e. The Morgan fingerprint density at radius 1 is 1.44 bits per heavy atom. The molecule has 0 aliphatic rings. The molecule has 1 aromatic heterocycles. The van der Waals surface area contributed by atoms with Gasteiger partial charge in [0.1, 0.15) is 0 Å². The van der Waals surface area contributed by atoms with Crippen molar-refractivity contribution in [3.63, 3.8) is 0 Å². The third-order valence-electron chi connectivity index (χ3n) is 2.12. The molecule has 0 amide bonds. The lowest BCUT2D eigenvalue weighted by Gasteiger charge is -2.20. The first-order chi connectivity index (χ1) is 7.72. The molecule has 5 nitrogen and oxygen atoms in total. The minimum absolute atomic E-state index is 0.542. The summed E-state index contributed by atoms with van der Waals surface area (Å²) in [6.07, 6.45) is 1.69. The first kappa shape index (κ1) is 13.2. The summed E-state index contributed by atoms with van der Waals surface area (Å²) in [5.41, 5.74) is 0. The molecule has 1 rings (SSSR count). The van der Waals surface area contributed by atoms with Crippen LogP contribution in [0, 0.1) is 0 Å². The van der Waals surface area contributed by atoms with E-state index in [1.54, 1.807) is 20.4 Å². The molecule has 0 atom stereocenters. The summed E-state index contributed by atoms with van der Waals surface area (Å²) in [4.78, 5) is 10.6. The van der Waals surface area contributed by atoms with E-state index in [2.05, 4.69) is 25.9 Å². The standard InChI is InChI=1S/C10H16BrN3O2/c1-4-14(5-6-15-2)10-12-7-8(11)9(13-10)16-3/h7H,4-6H2,1-3H3. The summed E-state index contributed by atoms with van der Waals surface area (Å²) in [7, 11) is 3.26. The molecule has 90 valence electrons. The van der Waals surface area contributed by atoms with E-state index >= 15 is 0 Å². The lowest BCUT2D eigenvalue weighted by atomic mass is 10.5. The molecule has 16 heavy (non-hydrogen) atoms. The molecule has 0 fully saturated rings. The molecule has 0 saturated carbocycles. The van der Waals surface area contributed by atoms with Crippen molar-refractivity contribution in [3.05, 3.63) is 10.7 Å². The second-order valence-corrected chi connectivity index (χ2v) is 3.95. The Hall–Kier alpha value is -0.880. The highest BCUT2D eigenvalue weighted by Crippen LogP contribution is 2.23. The summed E-state index contributed by atoms with van der Waals surface area (Å²) in [6, 6.07) is 0. The van der Waals surface area contributed by atoms with Crippen LogP contribution in [-0.4, -0.2) is 43.9 Å². The van der Waals surface area contributed by atoms with Gasteiger partial charge in [-0.15, -0.1) is 0 Å². The van der Waals surface area contributed by atoms with Crippen molar-refractivity contribution in [2.45, 2.75) is 6.92 Å². The number of methoxy groups -OCH3 is 2. The summed E-state index contributed by atoms with van der Waals surface area (Å²) in [5.74, 6) is 1.19. The van der Waals surface area contributed by atoms with E-state index in [1.165, 1.54) is 0 Å². The Kier molecular flexibility index (Phi) is 5.48. The number of anilines is 1. The van der Waals surface area contributed by atoms with Crippen LogP contribution in [0.25, 0.3) is 0 Å². The number of halogens is 1. The number of hydrogen-bond acceptors (Lipinski definition) is 5. The zero-order valence-corrected chi connectivity index (χ0v) is 11.3. The molecule has 6 heteroatoms. The van der Waals surface area contributed by atoms with Crippen molar-refractivity contribution < 1.29 is 9.47 Å². The van der Waals surface area contributed by atoms with Crippen molar-refractivity contribution in [1.82, 2.24) is 9.97 Å². The maximum absolute atomic E-state index is 5.13. The van der Waals surface area contributed by atoms with E-state index in [0.29, 0.717) is 18.4 Å². The van der Waals surface area contributed by atoms with Gasteiger partial charge in [0.2, 0.25) is 11.8 Å². The molecule has 0 bridgehead atoms. The van der Waals surface area contributed by atoms with Crippen LogP contribution in [0.1, 0.15) is 6.92 Å². The Labute approximate surface area is 104 Å². The third kappa shape index (κ3) is 3.31. The van der Waals surface area contributed by atoms with E-state index < -0.39 is 0 Å². The van der Waals surface area contributed by atoms with Gasteiger partial charge in [-0.05, 0) is 22.9 Å². The van der Waals surface area contributed by atoms with Crippen molar-refractivity contribution in [2.75, 3.05) is 38.8 Å². The van der Waals surface area contributed by atoms with Gasteiger partial charge in [0, 0.05) is 20.2 Å². The van der Waals surface area contributed by atoms with Crippen molar-refractivity contribution in [2.24, 2.45) is 0 Å². The van der Waals surface area contributed by atoms with Gasteiger partial charge in [0.25, 0.3) is 0 Å². The second kappa shape index (κ2) is 6.65. The average Bonchev–Trinajstić information content (AvgIpc) is 2.32. The zero-order chi connectivity index (χ0) is 12.0. The predicted molar refractivity (Wildman–Crippen MR) is 66.0 cm³/mol. The lowest BCUT2D eigenvalue weighted by molar-refractivity contribution is 0.205. The minimum atomic E-state index is 0.542. The van der Waals surface area contributed by atoms with E-state index in [0.717, 1.165) is 17.6 Å². The average molecular weight is 290 g/mol. The number of aromatic nitrogens is 2. The van der Waals surface area contributed by atoms with Gasteiger partial charge >= 0.3 is 0 Å². The van der Waals surface area contributed by atoms with Crippen LogP contribution in [0.15, 0.2) is 10.7 Å². The number of ether oxygens (including phenoxy) is 2. The summed E-state index contributed by atoms with van der Waals surface area (Å²) < 4.78 is 10.9. The Bertz CT molecular complexity index is 336. The molecule has 1 aromatic rings. The molecule has 0 N–H and O–H groups in total. The topological polar surface area (TPSA) is 47.5 Å². The van der Waals surface area contributed by atoms with E-state index in [9.17, 15) is 0 Å². The van der Waals surface area contributed by atoms with Gasteiger partial charge in [-0.2, -0.15) is 4.98 Å². The summed E-state index contributed by atoms with van der Waals surface area (Å²) in [6.45, 7) is 4.29. The fraction of sp³-hybridized carbons (Fsp3) is 0.600. The SMILES string of the molecule is CCN(CCOC)c1ncc(Br)c(OC)n1. The van der Waals surface area contributed by atoms with E-state index in [4.69, 9.17) is 9.47 Å². The van der Waals surface area contributed by atoms with Gasteiger partial charge in [-0.25, -0.2) is 4.98 Å². The number of rotatable bonds is 6. The number of nitrogens with zero attached hydrogens (tertiary/aromatic N) is 3. The van der Waals surface area contributed by atoms with Crippen molar-refractivity contribution in [3.8, 4) is 5.88 Å². The van der Waals surface area contributed by atoms with Crippen LogP contribution < -0.4 is 9.64 Å². The smallest absolute Gasteiger partial charge is 0.232 e. The molecule has 0 radical (unpaired) electrons. The quantitative estimate of drug-likeness (QED) is 0.798. The third-order valence-corrected chi connectivity index (χ3v) is 2.67. The second-order valence-electron chi connectivity index (χ2n) is 3.10. The fourth-order valence-electron chi connectivity index (χ4n) is 1.24. The fourth-order valence-corrected chi connectivity index (χ4v) is 1.59. The normalized spacial score (nSPS) is 10.2. The monoisotopic (exact) mass is 289 g/mol. The molecule has 0 spiro atoms. The van der Waals surface area contributed by atoms with Gasteiger partial charge in [0.15, 0.2) is 0 Å². The van der Waals surface area contributed by atoms with Gasteiger partial charge in [0.05, 0.1) is 24.4 Å². The molecule has 0 saturated heterocycles. The molecular formula is C10H16BrN3O2. The Morgan fingerprint density at radius 3 is 2.75 bits per heavy atom. The van der Waals surface area contributed by atoms with Gasteiger partial charge < -0.3 is 14.4 Å². The van der Waals surface area contributed by atoms with Crippen LogP contribution in [0.4, 0.5) is 5.95 Å². The van der Waals surface area contributed by atoms with Crippen LogP contribution in [0.5, 0.6) is 5.88 Å². The molecule has 0 aliphatic heterocycles. The van der Waals surface area contributed by atoms with Gasteiger partial charge in [-0.1, -0.05) is 0 Å². The van der Waals surface area contributed by atoms with Crippen LogP contribution in [0.2, 0.25) is 0 Å². The van der Waals surface area contributed by atoms with Crippen LogP contribution in [0.3, 0.4) is 0 Å². The highest BCUT2D eigenvalue weighted by Gasteiger charge is 2.10. The largest absolute Gasteiger partial charge is 0.480 e. The van der Waals surface area contributed by atoms with Crippen LogP contribution >= 0.6 is 15.9 Å². The maximum atomic E-state index is 5.13. The van der Waals surface area contributed by atoms with Crippen molar-refractivity contribution in [1.29, 1.82) is 0 Å². The van der Waals surface area contributed by atoms with Gasteiger partial charge in [-0.3, -0.25) is 0 Å². The highest BCUT2D eigenvalue weighted by molar-refractivity contribution is 9.10. The number of likely N-dealkylation sites (N-methyl/N-ethyl adjacent to an activating group) is 1. The highest BCUT2D eigenvalue weighted by atomic mass is 79.9. The molecule has 0 aliphatic carbocycles. The molecular weight excluding hydrogens is 274 g/mol. The minimum Gasteiger partial charge on any atom is -0.480 e. The predicted octanol–water partition coefficient (Wildman–Crippen LogP) is 1.72. The van der Waals surface area contributed by atoms with Crippen molar-refractivity contribution >= 4 is 21.9 Å². The summed E-state index contributed by atoms with van der Waals surface area (Å²) in [5, 5.41) is 0. The zero-order valence-electron chi connectivity index (χ0n) is 9.73. The molecule has 0 aromatic carbocycles. The molecule has 1 heterocycles. The van der Waals surface area contributed by atoms with E-state index in [-0.39, 0.29) is 0 Å². The number of hydrogen-bond donors (Lipinski definition) is 0. The molecule has 0 unspecified atom stereocenters. The Morgan fingerprint density at radius 2 is 2.19 bits per heavy atom.